The molecule has 0 unspecified atom stereocenters. The smallest absolute Gasteiger partial charge is 0.222 e. The molecule has 0 saturated carbocycles. The zero-order valence-corrected chi connectivity index (χ0v) is 21.0. The summed E-state index contributed by atoms with van der Waals surface area (Å²) in [6.07, 6.45) is 4.78. The third-order valence-electron chi connectivity index (χ3n) is 7.51. The molecule has 2 aliphatic rings. The van der Waals surface area contributed by atoms with E-state index in [-0.39, 0.29) is 5.91 Å². The van der Waals surface area contributed by atoms with Gasteiger partial charge in [-0.25, -0.2) is 0 Å². The number of piperidine rings is 1. The number of likely N-dealkylation sites (N-methyl/N-ethyl adjacent to an activating group) is 1. The number of anilines is 1. The lowest BCUT2D eigenvalue weighted by Gasteiger charge is -2.37. The highest BCUT2D eigenvalue weighted by Crippen LogP contribution is 2.35. The number of piperazine rings is 1. The molecule has 6 heteroatoms. The number of rotatable bonds is 9. The average molecular weight is 475 g/mol. The van der Waals surface area contributed by atoms with Gasteiger partial charge < -0.3 is 19.4 Å². The van der Waals surface area contributed by atoms with Gasteiger partial charge in [0.2, 0.25) is 5.91 Å². The molecule has 0 bridgehead atoms. The van der Waals surface area contributed by atoms with Crippen molar-refractivity contribution < 1.29 is 9.53 Å². The Hall–Kier alpha value is -3.04. The maximum atomic E-state index is 12.7. The van der Waals surface area contributed by atoms with E-state index < -0.39 is 5.41 Å². The van der Waals surface area contributed by atoms with E-state index in [0.717, 1.165) is 56.8 Å². The van der Waals surface area contributed by atoms with Gasteiger partial charge in [0.1, 0.15) is 5.75 Å². The molecular weight excluding hydrogens is 436 g/mol. The highest BCUT2D eigenvalue weighted by molar-refractivity contribution is 5.76. The van der Waals surface area contributed by atoms with Gasteiger partial charge in [-0.2, -0.15) is 5.26 Å². The Morgan fingerprint density at radius 2 is 1.60 bits per heavy atom. The van der Waals surface area contributed by atoms with Crippen molar-refractivity contribution in [3.8, 4) is 11.8 Å². The van der Waals surface area contributed by atoms with Crippen LogP contribution in [-0.2, 0) is 10.2 Å². The SMILES string of the molecule is CN1CCN(c2ccccc2OCCCCCC(=O)N2CCC(C#N)(c3ccccc3)CC2)CC1. The van der Waals surface area contributed by atoms with Gasteiger partial charge in [0, 0.05) is 45.7 Å². The van der Waals surface area contributed by atoms with E-state index in [0.29, 0.717) is 39.0 Å². The number of ether oxygens (including phenoxy) is 1. The van der Waals surface area contributed by atoms with Crippen LogP contribution in [0.5, 0.6) is 5.75 Å². The Morgan fingerprint density at radius 1 is 0.914 bits per heavy atom. The molecule has 2 aromatic rings. The Balaban J connectivity index is 1.15. The van der Waals surface area contributed by atoms with E-state index >= 15 is 0 Å². The van der Waals surface area contributed by atoms with E-state index in [1.807, 2.05) is 41.3 Å². The molecule has 186 valence electrons. The summed E-state index contributed by atoms with van der Waals surface area (Å²) in [6, 6.07) is 20.9. The lowest BCUT2D eigenvalue weighted by atomic mass is 9.74. The van der Waals surface area contributed by atoms with Crippen molar-refractivity contribution >= 4 is 11.6 Å². The first-order valence-electron chi connectivity index (χ1n) is 13.0. The molecule has 0 spiro atoms. The summed E-state index contributed by atoms with van der Waals surface area (Å²) in [6.45, 7) is 6.18. The zero-order chi connectivity index (χ0) is 24.5. The van der Waals surface area contributed by atoms with Crippen LogP contribution in [0.25, 0.3) is 0 Å². The van der Waals surface area contributed by atoms with Gasteiger partial charge in [-0.3, -0.25) is 4.79 Å². The topological polar surface area (TPSA) is 59.8 Å². The van der Waals surface area contributed by atoms with E-state index in [1.165, 1.54) is 5.69 Å². The number of nitrogens with zero attached hydrogens (tertiary/aromatic N) is 4. The molecule has 0 N–H and O–H groups in total. The first-order chi connectivity index (χ1) is 17.1. The minimum atomic E-state index is -0.463. The maximum absolute atomic E-state index is 12.7. The summed E-state index contributed by atoms with van der Waals surface area (Å²) < 4.78 is 6.14. The predicted molar refractivity (Wildman–Crippen MR) is 140 cm³/mol. The normalized spacial score (nSPS) is 18.2. The summed E-state index contributed by atoms with van der Waals surface area (Å²) >= 11 is 0. The minimum Gasteiger partial charge on any atom is -0.491 e. The van der Waals surface area contributed by atoms with E-state index in [4.69, 9.17) is 4.74 Å². The number of benzene rings is 2. The van der Waals surface area contributed by atoms with Crippen molar-refractivity contribution in [1.82, 2.24) is 9.80 Å². The van der Waals surface area contributed by atoms with Crippen LogP contribution in [0.3, 0.4) is 0 Å². The molecule has 2 aromatic carbocycles. The van der Waals surface area contributed by atoms with Crippen LogP contribution in [-0.4, -0.2) is 68.6 Å². The highest BCUT2D eigenvalue weighted by Gasteiger charge is 2.37. The monoisotopic (exact) mass is 474 g/mol. The van der Waals surface area contributed by atoms with Gasteiger partial charge in [-0.15, -0.1) is 0 Å². The van der Waals surface area contributed by atoms with Gasteiger partial charge in [0.25, 0.3) is 0 Å². The first-order valence-corrected chi connectivity index (χ1v) is 13.0. The van der Waals surface area contributed by atoms with Crippen LogP contribution in [0.2, 0.25) is 0 Å². The fourth-order valence-electron chi connectivity index (χ4n) is 5.14. The lowest BCUT2D eigenvalue weighted by molar-refractivity contribution is -0.132. The number of carbonyl (C=O) groups is 1. The number of hydrogen-bond acceptors (Lipinski definition) is 5. The summed E-state index contributed by atoms with van der Waals surface area (Å²) in [5, 5.41) is 9.86. The van der Waals surface area contributed by atoms with E-state index in [1.54, 1.807) is 0 Å². The van der Waals surface area contributed by atoms with Crippen LogP contribution in [0.1, 0.15) is 44.1 Å². The van der Waals surface area contributed by atoms with Crippen molar-refractivity contribution in [3.63, 3.8) is 0 Å². The molecule has 2 aliphatic heterocycles. The zero-order valence-electron chi connectivity index (χ0n) is 21.0. The molecule has 1 amide bonds. The Labute approximate surface area is 210 Å². The summed E-state index contributed by atoms with van der Waals surface area (Å²) in [5.74, 6) is 1.17. The van der Waals surface area contributed by atoms with Crippen LogP contribution < -0.4 is 9.64 Å². The van der Waals surface area contributed by atoms with Gasteiger partial charge in [0.05, 0.1) is 23.8 Å². The van der Waals surface area contributed by atoms with Crippen molar-refractivity contribution in [2.75, 3.05) is 57.8 Å². The minimum absolute atomic E-state index is 0.214. The van der Waals surface area contributed by atoms with E-state index in [9.17, 15) is 10.1 Å². The molecular formula is C29H38N4O2. The number of carbonyl (C=O) groups excluding carboxylic acids is 1. The highest BCUT2D eigenvalue weighted by atomic mass is 16.5. The van der Waals surface area contributed by atoms with Gasteiger partial charge in [-0.05, 0) is 56.8 Å². The van der Waals surface area contributed by atoms with Crippen LogP contribution >= 0.6 is 0 Å². The van der Waals surface area contributed by atoms with Crippen LogP contribution in [0, 0.1) is 11.3 Å². The second-order valence-corrected chi connectivity index (χ2v) is 9.86. The van der Waals surface area contributed by atoms with Crippen LogP contribution in [0.15, 0.2) is 54.6 Å². The quantitative estimate of drug-likeness (QED) is 0.502. The van der Waals surface area contributed by atoms with Gasteiger partial charge in [0.15, 0.2) is 0 Å². The Bertz CT molecular complexity index is 987. The molecule has 2 fully saturated rings. The molecule has 0 radical (unpaired) electrons. The summed E-state index contributed by atoms with van der Waals surface area (Å²) in [7, 11) is 2.17. The molecule has 2 saturated heterocycles. The first kappa shape index (κ1) is 25.1. The summed E-state index contributed by atoms with van der Waals surface area (Å²) in [5.41, 5.74) is 1.80. The molecule has 0 atom stereocenters. The molecule has 35 heavy (non-hydrogen) atoms. The number of likely N-dealkylation sites (tertiary alicyclic amines) is 1. The number of nitriles is 1. The Kier molecular flexibility index (Phi) is 8.65. The maximum Gasteiger partial charge on any atom is 0.222 e. The third-order valence-corrected chi connectivity index (χ3v) is 7.51. The van der Waals surface area contributed by atoms with Crippen molar-refractivity contribution in [2.24, 2.45) is 0 Å². The fraction of sp³-hybridized carbons (Fsp3) is 0.517. The molecule has 4 rings (SSSR count). The second-order valence-electron chi connectivity index (χ2n) is 9.86. The van der Waals surface area contributed by atoms with Gasteiger partial charge >= 0.3 is 0 Å². The van der Waals surface area contributed by atoms with Crippen LogP contribution in [0.4, 0.5) is 5.69 Å². The van der Waals surface area contributed by atoms with Crippen molar-refractivity contribution in [1.29, 1.82) is 5.26 Å². The number of amides is 1. The molecule has 0 aromatic heterocycles. The number of unbranched alkanes of at least 4 members (excludes halogenated alkanes) is 2. The number of hydrogen-bond donors (Lipinski definition) is 0. The Morgan fingerprint density at radius 3 is 2.31 bits per heavy atom. The number of para-hydroxylation sites is 2. The summed E-state index contributed by atoms with van der Waals surface area (Å²) in [4.78, 5) is 19.4. The van der Waals surface area contributed by atoms with E-state index in [2.05, 4.69) is 41.1 Å². The molecule has 6 nitrogen and oxygen atoms in total. The fourth-order valence-corrected chi connectivity index (χ4v) is 5.14. The second kappa shape index (κ2) is 12.1. The van der Waals surface area contributed by atoms with Crippen molar-refractivity contribution in [2.45, 2.75) is 43.9 Å². The average Bonchev–Trinajstić information content (AvgIpc) is 2.92. The lowest BCUT2D eigenvalue weighted by Crippen LogP contribution is -2.44. The third kappa shape index (κ3) is 6.35. The molecule has 2 heterocycles. The van der Waals surface area contributed by atoms with Gasteiger partial charge in [-0.1, -0.05) is 42.5 Å². The van der Waals surface area contributed by atoms with Crippen molar-refractivity contribution in [3.05, 3.63) is 60.2 Å². The largest absolute Gasteiger partial charge is 0.491 e. The standard InChI is InChI=1S/C29H38N4O2/c1-31-19-21-32(22-20-31)26-12-7-8-13-27(26)35-23-9-3-6-14-28(34)33-17-15-29(24-30,16-18-33)25-10-4-2-5-11-25/h2,4-5,7-8,10-13H,3,6,9,14-23H2,1H3. The predicted octanol–water partition coefficient (Wildman–Crippen LogP) is 4.46. The molecule has 0 aliphatic carbocycles.